The Labute approximate surface area is 219 Å². The fourth-order valence-electron chi connectivity index (χ4n) is 6.04. The van der Waals surface area contributed by atoms with Crippen LogP contribution < -0.4 is 9.47 Å². The minimum Gasteiger partial charge on any atom is -0.493 e. The molecule has 0 spiro atoms. The molecule has 0 N–H and O–H groups in total. The van der Waals surface area contributed by atoms with Crippen LogP contribution in [0, 0.1) is 46.6 Å². The summed E-state index contributed by atoms with van der Waals surface area (Å²) in [7, 11) is 0. The van der Waals surface area contributed by atoms with Crippen LogP contribution in [0.3, 0.4) is 0 Å². The number of ether oxygens (including phenoxy) is 2. The highest BCUT2D eigenvalue weighted by molar-refractivity contribution is 5.91. The Morgan fingerprint density at radius 2 is 1.51 bits per heavy atom. The SMILES string of the molecule is CCCC[C@H]1CC[C@H]([C@H]2CC[C@H](COc3ccc(C(=O)Oc4ccc(C#N)c(F)c4)c(F)c3)CC2)CC1. The van der Waals surface area contributed by atoms with Crippen LogP contribution >= 0.6 is 0 Å². The molecule has 2 aromatic carbocycles. The van der Waals surface area contributed by atoms with Gasteiger partial charge in [0.05, 0.1) is 17.7 Å². The van der Waals surface area contributed by atoms with Crippen LogP contribution in [-0.2, 0) is 0 Å². The summed E-state index contributed by atoms with van der Waals surface area (Å²) >= 11 is 0. The Morgan fingerprint density at radius 1 is 0.892 bits per heavy atom. The molecule has 2 aromatic rings. The fourth-order valence-corrected chi connectivity index (χ4v) is 6.04. The Kier molecular flexibility index (Phi) is 9.55. The molecule has 0 amide bonds. The zero-order valence-corrected chi connectivity index (χ0v) is 21.7. The summed E-state index contributed by atoms with van der Waals surface area (Å²) in [5, 5.41) is 8.79. The van der Waals surface area contributed by atoms with Gasteiger partial charge in [-0.2, -0.15) is 5.26 Å². The number of nitrogens with zero attached hydrogens (tertiary/aromatic N) is 1. The summed E-state index contributed by atoms with van der Waals surface area (Å²) in [5.74, 6) is 0.941. The van der Waals surface area contributed by atoms with Crippen molar-refractivity contribution in [2.45, 2.75) is 77.6 Å². The second-order valence-electron chi connectivity index (χ2n) is 10.8. The third-order valence-corrected chi connectivity index (χ3v) is 8.33. The van der Waals surface area contributed by atoms with Crippen molar-refractivity contribution >= 4 is 5.97 Å². The van der Waals surface area contributed by atoms with Gasteiger partial charge in [-0.15, -0.1) is 0 Å². The second-order valence-corrected chi connectivity index (χ2v) is 10.8. The molecule has 0 heterocycles. The van der Waals surface area contributed by atoms with Crippen molar-refractivity contribution in [2.24, 2.45) is 23.7 Å². The molecule has 37 heavy (non-hydrogen) atoms. The van der Waals surface area contributed by atoms with Gasteiger partial charge in [0.1, 0.15) is 29.2 Å². The molecule has 0 atom stereocenters. The minimum atomic E-state index is -0.939. The highest BCUT2D eigenvalue weighted by atomic mass is 19.1. The second kappa shape index (κ2) is 13.0. The topological polar surface area (TPSA) is 59.3 Å². The molecule has 0 radical (unpaired) electrons. The first-order valence-corrected chi connectivity index (χ1v) is 13.8. The first-order valence-electron chi connectivity index (χ1n) is 13.8. The number of halogens is 2. The van der Waals surface area contributed by atoms with E-state index in [9.17, 15) is 13.6 Å². The molecule has 2 aliphatic carbocycles. The number of hydrogen-bond donors (Lipinski definition) is 0. The van der Waals surface area contributed by atoms with Gasteiger partial charge in [0.2, 0.25) is 0 Å². The number of unbranched alkanes of at least 4 members (excludes halogenated alkanes) is 1. The number of rotatable bonds is 9. The van der Waals surface area contributed by atoms with Gasteiger partial charge in [0, 0.05) is 12.1 Å². The summed E-state index contributed by atoms with van der Waals surface area (Å²) in [4.78, 5) is 12.4. The van der Waals surface area contributed by atoms with Gasteiger partial charge >= 0.3 is 5.97 Å². The van der Waals surface area contributed by atoms with Gasteiger partial charge in [0.25, 0.3) is 0 Å². The first-order chi connectivity index (χ1) is 18.0. The van der Waals surface area contributed by atoms with E-state index in [4.69, 9.17) is 14.7 Å². The Morgan fingerprint density at radius 3 is 2.11 bits per heavy atom. The summed E-state index contributed by atoms with van der Waals surface area (Å²) in [5.41, 5.74) is -0.423. The summed E-state index contributed by atoms with van der Waals surface area (Å²) < 4.78 is 39.3. The van der Waals surface area contributed by atoms with Crippen LogP contribution in [0.15, 0.2) is 36.4 Å². The molecule has 0 aromatic heterocycles. The fraction of sp³-hybridized carbons (Fsp3) is 0.548. The zero-order valence-electron chi connectivity index (χ0n) is 21.7. The van der Waals surface area contributed by atoms with Crippen molar-refractivity contribution in [1.29, 1.82) is 5.26 Å². The van der Waals surface area contributed by atoms with E-state index < -0.39 is 17.6 Å². The van der Waals surface area contributed by atoms with E-state index >= 15 is 0 Å². The molecule has 6 heteroatoms. The van der Waals surface area contributed by atoms with Crippen molar-refractivity contribution in [2.75, 3.05) is 6.61 Å². The normalized spacial score (nSPS) is 23.7. The van der Waals surface area contributed by atoms with Gasteiger partial charge < -0.3 is 9.47 Å². The lowest BCUT2D eigenvalue weighted by Crippen LogP contribution is -2.27. The Bertz CT molecular complexity index is 1100. The van der Waals surface area contributed by atoms with Gasteiger partial charge in [-0.1, -0.05) is 39.0 Å². The molecule has 2 fully saturated rings. The predicted octanol–water partition coefficient (Wildman–Crippen LogP) is 8.24. The molecule has 4 rings (SSSR count). The number of benzene rings is 2. The van der Waals surface area contributed by atoms with Gasteiger partial charge in [-0.25, -0.2) is 13.6 Å². The molecule has 2 aliphatic rings. The summed E-state index contributed by atoms with van der Waals surface area (Å²) in [6.07, 6.45) is 14.5. The first kappa shape index (κ1) is 27.1. The van der Waals surface area contributed by atoms with E-state index in [0.717, 1.165) is 36.7 Å². The minimum absolute atomic E-state index is 0.0960. The van der Waals surface area contributed by atoms with Crippen molar-refractivity contribution in [3.05, 3.63) is 59.2 Å². The van der Waals surface area contributed by atoms with E-state index in [1.807, 2.05) is 0 Å². The van der Waals surface area contributed by atoms with Crippen LogP contribution in [0.5, 0.6) is 11.5 Å². The maximum atomic E-state index is 14.6. The van der Waals surface area contributed by atoms with Crippen LogP contribution in [0.4, 0.5) is 8.78 Å². The number of carbonyl (C=O) groups excluding carboxylic acids is 1. The molecule has 4 nitrogen and oxygen atoms in total. The third-order valence-electron chi connectivity index (χ3n) is 8.33. The Hall–Kier alpha value is -2.94. The predicted molar refractivity (Wildman–Crippen MR) is 138 cm³/mol. The largest absolute Gasteiger partial charge is 0.493 e. The van der Waals surface area contributed by atoms with Crippen molar-refractivity contribution in [3.8, 4) is 17.6 Å². The van der Waals surface area contributed by atoms with Crippen LogP contribution in [-0.4, -0.2) is 12.6 Å². The van der Waals surface area contributed by atoms with Gasteiger partial charge in [-0.05, 0) is 86.5 Å². The van der Waals surface area contributed by atoms with E-state index in [1.165, 1.54) is 82.1 Å². The summed E-state index contributed by atoms with van der Waals surface area (Å²) in [6, 6.07) is 9.19. The number of carbonyl (C=O) groups is 1. The standard InChI is InChI=1S/C31H37F2NO3/c1-2-3-4-21-5-9-23(10-6-21)24-11-7-22(8-12-24)20-36-26-15-16-28(30(33)17-26)31(35)37-27-14-13-25(19-34)29(32)18-27/h13-18,21-24H,2-12,20H2,1H3/t21-,22-,23-,24-. The molecule has 0 unspecified atom stereocenters. The molecule has 0 saturated heterocycles. The lowest BCUT2D eigenvalue weighted by molar-refractivity contribution is 0.0729. The lowest BCUT2D eigenvalue weighted by Gasteiger charge is -2.37. The maximum Gasteiger partial charge on any atom is 0.346 e. The molecule has 2 saturated carbocycles. The molecular formula is C31H37F2NO3. The molecule has 0 aliphatic heterocycles. The molecular weight excluding hydrogens is 472 g/mol. The zero-order chi connectivity index (χ0) is 26.2. The van der Waals surface area contributed by atoms with Crippen LogP contribution in [0.25, 0.3) is 0 Å². The average Bonchev–Trinajstić information content (AvgIpc) is 2.91. The Balaban J connectivity index is 1.21. The monoisotopic (exact) mass is 509 g/mol. The third kappa shape index (κ3) is 7.31. The molecule has 0 bridgehead atoms. The smallest absolute Gasteiger partial charge is 0.346 e. The highest BCUT2D eigenvalue weighted by Crippen LogP contribution is 2.42. The molecule has 198 valence electrons. The van der Waals surface area contributed by atoms with Gasteiger partial charge in [0.15, 0.2) is 0 Å². The highest BCUT2D eigenvalue weighted by Gasteiger charge is 2.31. The van der Waals surface area contributed by atoms with Gasteiger partial charge in [-0.3, -0.25) is 0 Å². The van der Waals surface area contributed by atoms with Crippen molar-refractivity contribution in [1.82, 2.24) is 0 Å². The van der Waals surface area contributed by atoms with E-state index in [-0.39, 0.29) is 16.9 Å². The summed E-state index contributed by atoms with van der Waals surface area (Å²) in [6.45, 7) is 2.82. The van der Waals surface area contributed by atoms with Crippen LogP contribution in [0.2, 0.25) is 0 Å². The van der Waals surface area contributed by atoms with Crippen molar-refractivity contribution in [3.63, 3.8) is 0 Å². The van der Waals surface area contributed by atoms with E-state index in [2.05, 4.69) is 6.92 Å². The number of hydrogen-bond acceptors (Lipinski definition) is 4. The average molecular weight is 510 g/mol. The van der Waals surface area contributed by atoms with E-state index in [0.29, 0.717) is 18.3 Å². The van der Waals surface area contributed by atoms with Crippen LogP contribution in [0.1, 0.15) is 93.5 Å². The number of nitriles is 1. The quantitative estimate of drug-likeness (QED) is 0.252. The number of esters is 1. The maximum absolute atomic E-state index is 14.6. The van der Waals surface area contributed by atoms with Crippen molar-refractivity contribution < 1.29 is 23.0 Å². The lowest BCUT2D eigenvalue weighted by atomic mass is 9.69. The van der Waals surface area contributed by atoms with E-state index in [1.54, 1.807) is 12.1 Å².